The first kappa shape index (κ1) is 12.3. The number of carbonyl (C=O) groups is 1. The summed E-state index contributed by atoms with van der Waals surface area (Å²) in [6.07, 6.45) is 0. The van der Waals surface area contributed by atoms with E-state index in [1.165, 1.54) is 6.07 Å². The molecule has 0 aromatic heterocycles. The van der Waals surface area contributed by atoms with Crippen molar-refractivity contribution in [3.8, 4) is 5.75 Å². The summed E-state index contributed by atoms with van der Waals surface area (Å²) in [6, 6.07) is 12.7. The number of anilines is 2. The monoisotopic (exact) mass is 270 g/mol. The molecule has 1 aliphatic rings. The Bertz CT molecular complexity index is 670. The predicted molar refractivity (Wildman–Crippen MR) is 76.1 cm³/mol. The first-order valence-corrected chi connectivity index (χ1v) is 6.27. The second kappa shape index (κ2) is 4.77. The van der Waals surface area contributed by atoms with Crippen molar-refractivity contribution in [2.45, 2.75) is 6.04 Å². The van der Waals surface area contributed by atoms with Crippen molar-refractivity contribution in [3.63, 3.8) is 0 Å². The van der Waals surface area contributed by atoms with Crippen molar-refractivity contribution in [3.05, 3.63) is 53.6 Å². The number of nitrogen functional groups attached to an aromatic ring is 1. The molecule has 0 saturated heterocycles. The number of carboxylic acids is 1. The lowest BCUT2D eigenvalue weighted by Crippen LogP contribution is -2.14. The molecule has 0 spiro atoms. The number of rotatable bonds is 3. The van der Waals surface area contributed by atoms with Crippen LogP contribution in [-0.4, -0.2) is 17.7 Å². The Morgan fingerprint density at radius 3 is 2.85 bits per heavy atom. The third-order valence-corrected chi connectivity index (χ3v) is 3.37. The topological polar surface area (TPSA) is 84.6 Å². The van der Waals surface area contributed by atoms with Gasteiger partial charge in [-0.3, -0.25) is 0 Å². The third kappa shape index (κ3) is 2.03. The van der Waals surface area contributed by atoms with E-state index in [1.54, 1.807) is 12.1 Å². The summed E-state index contributed by atoms with van der Waals surface area (Å²) in [7, 11) is 0. The number of carboxylic acid groups (broad SMARTS) is 1. The maximum atomic E-state index is 11.1. The van der Waals surface area contributed by atoms with Gasteiger partial charge >= 0.3 is 5.97 Å². The van der Waals surface area contributed by atoms with Crippen LogP contribution in [0.2, 0.25) is 0 Å². The molecule has 2 aromatic rings. The molecule has 0 saturated carbocycles. The standard InChI is InChI=1S/C15H14N2O3/c16-14-10(15(18)19)5-3-6-11(14)17-12-8-20-13-7-2-1-4-9(12)13/h1-7,12,17H,8,16H2,(H,18,19). The average Bonchev–Trinajstić information content (AvgIpc) is 2.84. The molecule has 5 heteroatoms. The number of hydrogen-bond donors (Lipinski definition) is 3. The highest BCUT2D eigenvalue weighted by atomic mass is 16.5. The van der Waals surface area contributed by atoms with E-state index in [4.69, 9.17) is 15.6 Å². The maximum absolute atomic E-state index is 11.1. The normalized spacial score (nSPS) is 16.3. The van der Waals surface area contributed by atoms with E-state index in [0.717, 1.165) is 11.3 Å². The number of nitrogens with two attached hydrogens (primary N) is 1. The van der Waals surface area contributed by atoms with Crippen LogP contribution >= 0.6 is 0 Å². The summed E-state index contributed by atoms with van der Waals surface area (Å²) in [5.74, 6) is -0.188. The molecule has 1 atom stereocenters. The van der Waals surface area contributed by atoms with E-state index in [1.807, 2.05) is 24.3 Å². The van der Waals surface area contributed by atoms with E-state index in [0.29, 0.717) is 12.3 Å². The summed E-state index contributed by atoms with van der Waals surface area (Å²) in [4.78, 5) is 11.1. The third-order valence-electron chi connectivity index (χ3n) is 3.37. The van der Waals surface area contributed by atoms with Gasteiger partial charge in [-0.25, -0.2) is 4.79 Å². The first-order valence-electron chi connectivity index (χ1n) is 6.27. The van der Waals surface area contributed by atoms with Gasteiger partial charge in [-0.15, -0.1) is 0 Å². The molecule has 0 fully saturated rings. The fraction of sp³-hybridized carbons (Fsp3) is 0.133. The van der Waals surface area contributed by atoms with Crippen LogP contribution in [0.4, 0.5) is 11.4 Å². The number of aromatic carboxylic acids is 1. The molecule has 20 heavy (non-hydrogen) atoms. The van der Waals surface area contributed by atoms with Crippen LogP contribution in [0.3, 0.4) is 0 Å². The van der Waals surface area contributed by atoms with E-state index >= 15 is 0 Å². The van der Waals surface area contributed by atoms with E-state index in [2.05, 4.69) is 5.32 Å². The van der Waals surface area contributed by atoms with Crippen molar-refractivity contribution in [2.75, 3.05) is 17.7 Å². The van der Waals surface area contributed by atoms with Crippen molar-refractivity contribution in [1.82, 2.24) is 0 Å². The minimum Gasteiger partial charge on any atom is -0.491 e. The predicted octanol–water partition coefficient (Wildman–Crippen LogP) is 2.51. The first-order chi connectivity index (χ1) is 9.66. The van der Waals surface area contributed by atoms with E-state index in [9.17, 15) is 4.79 Å². The largest absolute Gasteiger partial charge is 0.491 e. The van der Waals surface area contributed by atoms with Crippen molar-refractivity contribution < 1.29 is 14.6 Å². The lowest BCUT2D eigenvalue weighted by molar-refractivity contribution is 0.0698. The molecule has 0 radical (unpaired) electrons. The molecule has 3 rings (SSSR count). The average molecular weight is 270 g/mol. The second-order valence-electron chi connectivity index (χ2n) is 4.62. The molecule has 0 bridgehead atoms. The SMILES string of the molecule is Nc1c(NC2COc3ccccc32)cccc1C(=O)O. The minimum atomic E-state index is -1.03. The molecule has 1 unspecified atom stereocenters. The molecule has 102 valence electrons. The molecule has 0 aliphatic carbocycles. The highest BCUT2D eigenvalue weighted by molar-refractivity contribution is 5.97. The van der Waals surface area contributed by atoms with Gasteiger partial charge in [-0.05, 0) is 18.2 Å². The van der Waals surface area contributed by atoms with E-state index < -0.39 is 5.97 Å². The number of ether oxygens (including phenoxy) is 1. The number of fused-ring (bicyclic) bond motifs is 1. The quantitative estimate of drug-likeness (QED) is 0.746. The number of hydrogen-bond acceptors (Lipinski definition) is 4. The molecule has 5 nitrogen and oxygen atoms in total. The van der Waals surface area contributed by atoms with Gasteiger partial charge in [-0.2, -0.15) is 0 Å². The Morgan fingerprint density at radius 2 is 2.05 bits per heavy atom. The highest BCUT2D eigenvalue weighted by Crippen LogP contribution is 2.35. The van der Waals surface area contributed by atoms with Crippen molar-refractivity contribution >= 4 is 17.3 Å². The molecular formula is C15H14N2O3. The van der Waals surface area contributed by atoms with Gasteiger partial charge in [0.25, 0.3) is 0 Å². The molecule has 1 heterocycles. The smallest absolute Gasteiger partial charge is 0.337 e. The highest BCUT2D eigenvalue weighted by Gasteiger charge is 2.24. The van der Waals surface area contributed by atoms with Crippen LogP contribution in [-0.2, 0) is 0 Å². The summed E-state index contributed by atoms with van der Waals surface area (Å²) in [5.41, 5.74) is 7.89. The Morgan fingerprint density at radius 1 is 1.25 bits per heavy atom. The Hall–Kier alpha value is -2.69. The van der Waals surface area contributed by atoms with Gasteiger partial charge < -0.3 is 20.9 Å². The lowest BCUT2D eigenvalue weighted by atomic mass is 10.1. The summed E-state index contributed by atoms with van der Waals surface area (Å²) >= 11 is 0. The van der Waals surface area contributed by atoms with Gasteiger partial charge in [0.05, 0.1) is 23.0 Å². The summed E-state index contributed by atoms with van der Waals surface area (Å²) in [6.45, 7) is 0.496. The van der Waals surface area contributed by atoms with Crippen LogP contribution in [0.15, 0.2) is 42.5 Å². The van der Waals surface area contributed by atoms with Crippen LogP contribution in [0.5, 0.6) is 5.75 Å². The zero-order valence-corrected chi connectivity index (χ0v) is 10.7. The second-order valence-corrected chi connectivity index (χ2v) is 4.62. The van der Waals surface area contributed by atoms with Gasteiger partial charge in [0.15, 0.2) is 0 Å². The summed E-state index contributed by atoms with van der Waals surface area (Å²) in [5, 5.41) is 12.3. The molecular weight excluding hydrogens is 256 g/mol. The van der Waals surface area contributed by atoms with Crippen LogP contribution in [0.25, 0.3) is 0 Å². The lowest BCUT2D eigenvalue weighted by Gasteiger charge is -2.16. The fourth-order valence-corrected chi connectivity index (χ4v) is 2.35. The fourth-order valence-electron chi connectivity index (χ4n) is 2.35. The Balaban J connectivity index is 1.90. The maximum Gasteiger partial charge on any atom is 0.337 e. The number of benzene rings is 2. The van der Waals surface area contributed by atoms with Crippen LogP contribution in [0.1, 0.15) is 22.0 Å². The zero-order valence-electron chi connectivity index (χ0n) is 10.7. The Labute approximate surface area is 116 Å². The van der Waals surface area contributed by atoms with Gasteiger partial charge in [0.2, 0.25) is 0 Å². The molecule has 1 aliphatic heterocycles. The molecule has 4 N–H and O–H groups in total. The van der Waals surface area contributed by atoms with Crippen LogP contribution < -0.4 is 15.8 Å². The summed E-state index contributed by atoms with van der Waals surface area (Å²) < 4.78 is 5.58. The van der Waals surface area contributed by atoms with Crippen molar-refractivity contribution in [2.24, 2.45) is 0 Å². The van der Waals surface area contributed by atoms with Gasteiger partial charge in [0.1, 0.15) is 12.4 Å². The minimum absolute atomic E-state index is 0.0301. The zero-order chi connectivity index (χ0) is 14.1. The van der Waals surface area contributed by atoms with E-state index in [-0.39, 0.29) is 17.3 Å². The van der Waals surface area contributed by atoms with Crippen molar-refractivity contribution in [1.29, 1.82) is 0 Å². The number of para-hydroxylation sites is 2. The molecule has 2 aromatic carbocycles. The van der Waals surface area contributed by atoms with Crippen LogP contribution in [0, 0.1) is 0 Å². The van der Waals surface area contributed by atoms with Gasteiger partial charge in [0, 0.05) is 5.56 Å². The Kier molecular flexibility index (Phi) is 2.95. The van der Waals surface area contributed by atoms with Gasteiger partial charge in [-0.1, -0.05) is 24.3 Å². The molecule has 0 amide bonds. The number of nitrogens with one attached hydrogen (secondary N) is 1.